The van der Waals surface area contributed by atoms with Gasteiger partial charge in [0.2, 0.25) is 10.0 Å². The first-order valence-corrected chi connectivity index (χ1v) is 12.0. The van der Waals surface area contributed by atoms with Gasteiger partial charge >= 0.3 is 0 Å². The van der Waals surface area contributed by atoms with Crippen molar-refractivity contribution in [3.05, 3.63) is 53.1 Å². The van der Waals surface area contributed by atoms with Crippen molar-refractivity contribution in [1.82, 2.24) is 5.32 Å². The van der Waals surface area contributed by atoms with Crippen molar-refractivity contribution in [3.63, 3.8) is 0 Å². The summed E-state index contributed by atoms with van der Waals surface area (Å²) in [4.78, 5) is 25.5. The lowest BCUT2D eigenvalue weighted by atomic mass is 10.1. The van der Waals surface area contributed by atoms with Crippen molar-refractivity contribution in [3.8, 4) is 5.75 Å². The summed E-state index contributed by atoms with van der Waals surface area (Å²) in [6.45, 7) is 3.62. The Bertz CT molecular complexity index is 1110. The minimum Gasteiger partial charge on any atom is -0.476 e. The normalized spacial score (nSPS) is 16.6. The molecule has 0 saturated carbocycles. The highest BCUT2D eigenvalue weighted by Gasteiger charge is 2.35. The molecule has 0 saturated heterocycles. The Morgan fingerprint density at radius 1 is 1.26 bits per heavy atom. The third kappa shape index (κ3) is 5.29. The molecular formula is C21H24ClN3O5S. The molecule has 166 valence electrons. The van der Waals surface area contributed by atoms with Gasteiger partial charge in [-0.2, -0.15) is 0 Å². The number of amides is 2. The average Bonchev–Trinajstić information content (AvgIpc) is 2.72. The number of rotatable bonds is 6. The zero-order chi connectivity index (χ0) is 22.8. The number of halogens is 1. The van der Waals surface area contributed by atoms with E-state index in [4.69, 9.17) is 16.3 Å². The van der Waals surface area contributed by atoms with E-state index in [0.717, 1.165) is 17.0 Å². The third-order valence-corrected chi connectivity index (χ3v) is 6.28. The van der Waals surface area contributed by atoms with E-state index in [1.165, 1.54) is 12.1 Å². The molecule has 2 N–H and O–H groups in total. The van der Waals surface area contributed by atoms with Gasteiger partial charge in [0, 0.05) is 11.1 Å². The van der Waals surface area contributed by atoms with Gasteiger partial charge in [-0.3, -0.25) is 13.9 Å². The summed E-state index contributed by atoms with van der Waals surface area (Å²) >= 11 is 6.00. The molecule has 0 fully saturated rings. The van der Waals surface area contributed by atoms with E-state index >= 15 is 0 Å². The number of nitrogens with zero attached hydrogens (tertiary/aromatic N) is 1. The quantitative estimate of drug-likeness (QED) is 0.682. The second kappa shape index (κ2) is 9.15. The Hall–Kier alpha value is -2.78. The van der Waals surface area contributed by atoms with Crippen LogP contribution in [0, 0.1) is 0 Å². The molecule has 1 aliphatic heterocycles. The van der Waals surface area contributed by atoms with E-state index in [-0.39, 0.29) is 29.9 Å². The van der Waals surface area contributed by atoms with Crippen LogP contribution in [0.1, 0.15) is 30.6 Å². The number of benzene rings is 2. The smallest absolute Gasteiger partial charge is 0.267 e. The largest absolute Gasteiger partial charge is 0.476 e. The van der Waals surface area contributed by atoms with Gasteiger partial charge in [-0.15, -0.1) is 0 Å². The van der Waals surface area contributed by atoms with Gasteiger partial charge < -0.3 is 15.4 Å². The predicted octanol–water partition coefficient (Wildman–Crippen LogP) is 3.03. The van der Waals surface area contributed by atoms with E-state index in [2.05, 4.69) is 10.6 Å². The molecule has 2 atom stereocenters. The van der Waals surface area contributed by atoms with Crippen molar-refractivity contribution in [2.24, 2.45) is 0 Å². The molecule has 31 heavy (non-hydrogen) atoms. The summed E-state index contributed by atoms with van der Waals surface area (Å²) in [6, 6.07) is 11.1. The number of carbonyl (C=O) groups is 2. The molecule has 0 radical (unpaired) electrons. The first-order valence-electron chi connectivity index (χ1n) is 9.74. The summed E-state index contributed by atoms with van der Waals surface area (Å²) < 4.78 is 31.4. The molecule has 10 heteroatoms. The molecular weight excluding hydrogens is 442 g/mol. The maximum Gasteiger partial charge on any atom is 0.267 e. The number of ether oxygens (including phenoxy) is 1. The molecule has 0 unspecified atom stereocenters. The number of para-hydroxylation sites is 1. The number of anilines is 2. The second-order valence-electron chi connectivity index (χ2n) is 7.33. The highest BCUT2D eigenvalue weighted by atomic mass is 35.5. The lowest BCUT2D eigenvalue weighted by molar-refractivity contribution is -0.122. The Labute approximate surface area is 186 Å². The Morgan fingerprint density at radius 3 is 2.65 bits per heavy atom. The van der Waals surface area contributed by atoms with E-state index in [1.807, 2.05) is 13.8 Å². The molecule has 0 aromatic heterocycles. The number of carbonyl (C=O) groups excluding carboxylic acids is 2. The number of hydrogen-bond donors (Lipinski definition) is 2. The fraction of sp³-hybridized carbons (Fsp3) is 0.333. The summed E-state index contributed by atoms with van der Waals surface area (Å²) in [6.07, 6.45) is 0.696. The fourth-order valence-corrected chi connectivity index (χ4v) is 4.15. The van der Waals surface area contributed by atoms with Crippen LogP contribution in [-0.4, -0.2) is 45.2 Å². The SMILES string of the molecule is CC[C@@H](C)NC(=O)c1ccccc1NC(=O)[C@H]1CN(S(C)(=O)=O)c2cc(Cl)ccc2O1. The fourth-order valence-electron chi connectivity index (χ4n) is 3.08. The zero-order valence-corrected chi connectivity index (χ0v) is 19.0. The number of hydrogen-bond acceptors (Lipinski definition) is 5. The van der Waals surface area contributed by atoms with Crippen LogP contribution in [0.5, 0.6) is 5.75 Å². The Balaban J connectivity index is 1.85. The molecule has 2 aromatic rings. The van der Waals surface area contributed by atoms with E-state index < -0.39 is 22.0 Å². The van der Waals surface area contributed by atoms with Crippen LogP contribution in [0.4, 0.5) is 11.4 Å². The van der Waals surface area contributed by atoms with Crippen molar-refractivity contribution >= 4 is 44.8 Å². The van der Waals surface area contributed by atoms with E-state index in [1.54, 1.807) is 30.3 Å². The molecule has 1 aliphatic rings. The maximum atomic E-state index is 13.0. The van der Waals surface area contributed by atoms with Crippen LogP contribution in [0.2, 0.25) is 5.02 Å². The Morgan fingerprint density at radius 2 is 1.97 bits per heavy atom. The monoisotopic (exact) mass is 465 g/mol. The Kier molecular flexibility index (Phi) is 6.76. The zero-order valence-electron chi connectivity index (χ0n) is 17.4. The third-order valence-electron chi connectivity index (χ3n) is 4.90. The highest BCUT2D eigenvalue weighted by Crippen LogP contribution is 2.37. The minimum atomic E-state index is -3.68. The summed E-state index contributed by atoms with van der Waals surface area (Å²) in [7, 11) is -3.68. The molecule has 0 aliphatic carbocycles. The lowest BCUT2D eigenvalue weighted by Gasteiger charge is -2.34. The first kappa shape index (κ1) is 22.9. The van der Waals surface area contributed by atoms with Gasteiger partial charge in [0.1, 0.15) is 5.75 Å². The van der Waals surface area contributed by atoms with E-state index in [0.29, 0.717) is 16.3 Å². The van der Waals surface area contributed by atoms with Crippen LogP contribution in [-0.2, 0) is 14.8 Å². The van der Waals surface area contributed by atoms with Crippen molar-refractivity contribution < 1.29 is 22.7 Å². The maximum absolute atomic E-state index is 13.0. The number of fused-ring (bicyclic) bond motifs is 1. The van der Waals surface area contributed by atoms with Crippen molar-refractivity contribution in [2.75, 3.05) is 22.4 Å². The van der Waals surface area contributed by atoms with Crippen molar-refractivity contribution in [1.29, 1.82) is 0 Å². The molecule has 0 bridgehead atoms. The van der Waals surface area contributed by atoms with Crippen LogP contribution in [0.25, 0.3) is 0 Å². The summed E-state index contributed by atoms with van der Waals surface area (Å²) in [5.74, 6) is -0.658. The van der Waals surface area contributed by atoms with Gasteiger partial charge in [-0.1, -0.05) is 30.7 Å². The second-order valence-corrected chi connectivity index (χ2v) is 9.67. The lowest BCUT2D eigenvalue weighted by Crippen LogP contribution is -2.48. The summed E-state index contributed by atoms with van der Waals surface area (Å²) in [5.41, 5.74) is 0.885. The van der Waals surface area contributed by atoms with Gasteiger partial charge in [-0.25, -0.2) is 8.42 Å². The topological polar surface area (TPSA) is 105 Å². The minimum absolute atomic E-state index is 0.0235. The van der Waals surface area contributed by atoms with Crippen molar-refractivity contribution in [2.45, 2.75) is 32.4 Å². The molecule has 2 aromatic carbocycles. The molecule has 1 heterocycles. The molecule has 8 nitrogen and oxygen atoms in total. The van der Waals surface area contributed by atoms with Crippen LogP contribution in [0.3, 0.4) is 0 Å². The molecule has 0 spiro atoms. The van der Waals surface area contributed by atoms with Gasteiger partial charge in [0.25, 0.3) is 11.8 Å². The average molecular weight is 466 g/mol. The standard InChI is InChI=1S/C21H24ClN3O5S/c1-4-13(2)23-20(26)15-7-5-6-8-16(15)24-21(27)19-12-25(31(3,28)29)17-11-14(22)9-10-18(17)30-19/h5-11,13,19H,4,12H2,1-3H3,(H,23,26)(H,24,27)/t13-,19-/m1/s1. The molecule has 2 amide bonds. The van der Waals surface area contributed by atoms with Gasteiger partial charge in [-0.05, 0) is 43.7 Å². The number of nitrogens with one attached hydrogen (secondary N) is 2. The molecule has 3 rings (SSSR count). The van der Waals surface area contributed by atoms with Crippen LogP contribution in [0.15, 0.2) is 42.5 Å². The predicted molar refractivity (Wildman–Crippen MR) is 120 cm³/mol. The number of sulfonamides is 1. The highest BCUT2D eigenvalue weighted by molar-refractivity contribution is 7.92. The van der Waals surface area contributed by atoms with Gasteiger partial charge in [0.05, 0.1) is 29.7 Å². The van der Waals surface area contributed by atoms with E-state index in [9.17, 15) is 18.0 Å². The van der Waals surface area contributed by atoms with Crippen LogP contribution >= 0.6 is 11.6 Å². The van der Waals surface area contributed by atoms with Gasteiger partial charge in [0.15, 0.2) is 6.10 Å². The first-order chi connectivity index (χ1) is 14.6. The van der Waals surface area contributed by atoms with Crippen LogP contribution < -0.4 is 19.7 Å². The summed E-state index contributed by atoms with van der Waals surface area (Å²) in [5, 5.41) is 5.90.